The van der Waals surface area contributed by atoms with E-state index in [2.05, 4.69) is 66.3 Å². The Balaban J connectivity index is 1.23. The summed E-state index contributed by atoms with van der Waals surface area (Å²) in [5, 5.41) is 7.49. The second-order valence-corrected chi connectivity index (χ2v) is 10.6. The summed E-state index contributed by atoms with van der Waals surface area (Å²) in [6, 6.07) is 14.3. The summed E-state index contributed by atoms with van der Waals surface area (Å²) in [6.07, 6.45) is 2.59. The van der Waals surface area contributed by atoms with Crippen LogP contribution in [0.25, 0.3) is 11.4 Å². The Hall–Kier alpha value is -3.19. The minimum atomic E-state index is -0.329. The first-order valence-electron chi connectivity index (χ1n) is 12.5. The molecule has 7 heteroatoms. The van der Waals surface area contributed by atoms with Crippen molar-refractivity contribution in [2.24, 2.45) is 5.92 Å². The van der Waals surface area contributed by atoms with Crippen molar-refractivity contribution >= 4 is 5.91 Å². The van der Waals surface area contributed by atoms with Crippen LogP contribution in [0.3, 0.4) is 0 Å². The zero-order valence-corrected chi connectivity index (χ0v) is 21.0. The van der Waals surface area contributed by atoms with Crippen molar-refractivity contribution in [2.75, 3.05) is 13.1 Å². The summed E-state index contributed by atoms with van der Waals surface area (Å²) >= 11 is 0. The molecule has 2 aliphatic heterocycles. The summed E-state index contributed by atoms with van der Waals surface area (Å²) in [6.45, 7) is 10.4. The van der Waals surface area contributed by atoms with Gasteiger partial charge in [0, 0.05) is 24.1 Å². The largest absolute Gasteiger partial charge is 0.487 e. The van der Waals surface area contributed by atoms with Crippen molar-refractivity contribution in [1.29, 1.82) is 0 Å². The van der Waals surface area contributed by atoms with Crippen LogP contribution in [0, 0.1) is 19.8 Å². The number of aryl methyl sites for hydroxylation is 2. The lowest BCUT2D eigenvalue weighted by molar-refractivity contribution is -0.128. The number of carbonyl (C=O) groups excluding carboxylic acids is 1. The first-order valence-corrected chi connectivity index (χ1v) is 12.5. The normalized spacial score (nSPS) is 21.7. The second kappa shape index (κ2) is 9.46. The average Bonchev–Trinajstić information content (AvgIpc) is 3.27. The molecule has 35 heavy (non-hydrogen) atoms. The second-order valence-electron chi connectivity index (χ2n) is 10.6. The number of fused-ring (bicyclic) bond motifs is 1. The Morgan fingerprint density at radius 1 is 1.14 bits per heavy atom. The maximum Gasteiger partial charge on any atom is 0.241 e. The first kappa shape index (κ1) is 23.5. The van der Waals surface area contributed by atoms with E-state index in [9.17, 15) is 4.79 Å². The van der Waals surface area contributed by atoms with Crippen LogP contribution in [0.4, 0.5) is 0 Å². The van der Waals surface area contributed by atoms with E-state index in [0.717, 1.165) is 48.2 Å². The molecule has 1 N–H and O–H groups in total. The summed E-state index contributed by atoms with van der Waals surface area (Å²) < 4.78 is 11.7. The standard InChI is InChI=1S/C28H34N4O3/c1-18-7-10-20(11-8-18)26-30-25(35-31-26)17-32-13-5-6-21(16-32)27(33)29-23-15-28(3,4)34-24-14-19(2)9-12-22(23)24/h7-12,14,21,23H,5-6,13,15-17H2,1-4H3,(H,29,33). The third-order valence-electron chi connectivity index (χ3n) is 6.96. The van der Waals surface area contributed by atoms with Gasteiger partial charge >= 0.3 is 0 Å². The van der Waals surface area contributed by atoms with Crippen LogP contribution in [-0.4, -0.2) is 39.6 Å². The van der Waals surface area contributed by atoms with Gasteiger partial charge in [-0.2, -0.15) is 4.98 Å². The Morgan fingerprint density at radius 2 is 1.91 bits per heavy atom. The lowest BCUT2D eigenvalue weighted by Gasteiger charge is -2.39. The Bertz CT molecular complexity index is 1200. The van der Waals surface area contributed by atoms with Gasteiger partial charge in [0.05, 0.1) is 18.5 Å². The molecular weight excluding hydrogens is 440 g/mol. The molecule has 3 aromatic rings. The van der Waals surface area contributed by atoms with Gasteiger partial charge in [0.25, 0.3) is 0 Å². The van der Waals surface area contributed by atoms with Gasteiger partial charge < -0.3 is 14.6 Å². The number of hydrogen-bond donors (Lipinski definition) is 1. The molecule has 184 valence electrons. The van der Waals surface area contributed by atoms with Crippen molar-refractivity contribution in [2.45, 2.75) is 65.1 Å². The van der Waals surface area contributed by atoms with E-state index in [1.807, 2.05) is 24.3 Å². The third-order valence-corrected chi connectivity index (χ3v) is 6.96. The number of ether oxygens (including phenoxy) is 1. The zero-order chi connectivity index (χ0) is 24.6. The van der Waals surface area contributed by atoms with Crippen LogP contribution in [-0.2, 0) is 11.3 Å². The lowest BCUT2D eigenvalue weighted by atomic mass is 9.88. The third kappa shape index (κ3) is 5.40. The fourth-order valence-corrected chi connectivity index (χ4v) is 5.12. The molecule has 1 fully saturated rings. The minimum absolute atomic E-state index is 0.0507. The summed E-state index contributed by atoms with van der Waals surface area (Å²) in [4.78, 5) is 20.2. The van der Waals surface area contributed by atoms with Gasteiger partial charge in [0.1, 0.15) is 11.4 Å². The topological polar surface area (TPSA) is 80.5 Å². The molecule has 0 aliphatic carbocycles. The highest BCUT2D eigenvalue weighted by atomic mass is 16.5. The molecule has 1 amide bonds. The Morgan fingerprint density at radius 3 is 2.71 bits per heavy atom. The molecule has 1 aromatic heterocycles. The van der Waals surface area contributed by atoms with Gasteiger partial charge in [-0.1, -0.05) is 47.1 Å². The molecular formula is C28H34N4O3. The number of nitrogens with one attached hydrogen (secondary N) is 1. The van der Waals surface area contributed by atoms with E-state index in [1.54, 1.807) is 0 Å². The highest BCUT2D eigenvalue weighted by Gasteiger charge is 2.36. The van der Waals surface area contributed by atoms with Crippen LogP contribution in [0.1, 0.15) is 61.7 Å². The van der Waals surface area contributed by atoms with Crippen LogP contribution in [0.2, 0.25) is 0 Å². The zero-order valence-electron chi connectivity index (χ0n) is 21.0. The van der Waals surface area contributed by atoms with Crippen molar-refractivity contribution in [3.63, 3.8) is 0 Å². The molecule has 5 rings (SSSR count). The van der Waals surface area contributed by atoms with Gasteiger partial charge in [0.15, 0.2) is 0 Å². The molecule has 3 heterocycles. The van der Waals surface area contributed by atoms with Gasteiger partial charge in [-0.3, -0.25) is 9.69 Å². The molecule has 0 radical (unpaired) electrons. The number of piperidine rings is 1. The molecule has 0 saturated carbocycles. The molecule has 2 atom stereocenters. The predicted molar refractivity (Wildman–Crippen MR) is 134 cm³/mol. The molecule has 2 aromatic carbocycles. The number of likely N-dealkylation sites (tertiary alicyclic amines) is 1. The van der Waals surface area contributed by atoms with Crippen molar-refractivity contribution in [1.82, 2.24) is 20.4 Å². The first-order chi connectivity index (χ1) is 16.8. The van der Waals surface area contributed by atoms with Crippen LogP contribution in [0.5, 0.6) is 5.75 Å². The number of benzene rings is 2. The molecule has 0 bridgehead atoms. The highest BCUT2D eigenvalue weighted by molar-refractivity contribution is 5.79. The van der Waals surface area contributed by atoms with Crippen LogP contribution in [0.15, 0.2) is 47.0 Å². The maximum atomic E-state index is 13.3. The molecule has 1 saturated heterocycles. The van der Waals surface area contributed by atoms with Gasteiger partial charge in [-0.05, 0) is 58.7 Å². The Kier molecular flexibility index (Phi) is 6.36. The van der Waals surface area contributed by atoms with E-state index in [0.29, 0.717) is 24.8 Å². The number of hydrogen-bond acceptors (Lipinski definition) is 6. The molecule has 2 unspecified atom stereocenters. The fraction of sp³-hybridized carbons (Fsp3) is 0.464. The minimum Gasteiger partial charge on any atom is -0.487 e. The fourth-order valence-electron chi connectivity index (χ4n) is 5.12. The van der Waals surface area contributed by atoms with Crippen molar-refractivity contribution in [3.05, 3.63) is 65.0 Å². The van der Waals surface area contributed by atoms with E-state index >= 15 is 0 Å². The number of aromatic nitrogens is 2. The molecule has 7 nitrogen and oxygen atoms in total. The monoisotopic (exact) mass is 474 g/mol. The summed E-state index contributed by atoms with van der Waals surface area (Å²) in [7, 11) is 0. The summed E-state index contributed by atoms with van der Waals surface area (Å²) in [5.74, 6) is 2.09. The predicted octanol–water partition coefficient (Wildman–Crippen LogP) is 4.98. The van der Waals surface area contributed by atoms with Crippen molar-refractivity contribution < 1.29 is 14.1 Å². The van der Waals surface area contributed by atoms with E-state index in [4.69, 9.17) is 9.26 Å². The SMILES string of the molecule is Cc1ccc(-c2noc(CN3CCCC(C(=O)NC4CC(C)(C)Oc5cc(C)ccc54)C3)n2)cc1. The van der Waals surface area contributed by atoms with Crippen LogP contribution >= 0.6 is 0 Å². The lowest BCUT2D eigenvalue weighted by Crippen LogP contribution is -2.46. The van der Waals surface area contributed by atoms with Crippen LogP contribution < -0.4 is 10.1 Å². The number of carbonyl (C=O) groups is 1. The van der Waals surface area contributed by atoms with E-state index in [1.165, 1.54) is 5.56 Å². The molecule has 2 aliphatic rings. The van der Waals surface area contributed by atoms with E-state index in [-0.39, 0.29) is 23.5 Å². The molecule has 0 spiro atoms. The highest BCUT2D eigenvalue weighted by Crippen LogP contribution is 2.40. The van der Waals surface area contributed by atoms with Gasteiger partial charge in [0.2, 0.25) is 17.6 Å². The van der Waals surface area contributed by atoms with E-state index < -0.39 is 0 Å². The number of rotatable bonds is 5. The van der Waals surface area contributed by atoms with Crippen molar-refractivity contribution in [3.8, 4) is 17.1 Å². The summed E-state index contributed by atoms with van der Waals surface area (Å²) in [5.41, 5.74) is 4.02. The average molecular weight is 475 g/mol. The van der Waals surface area contributed by atoms with Gasteiger partial charge in [-0.25, -0.2) is 0 Å². The Labute approximate surface area is 206 Å². The maximum absolute atomic E-state index is 13.3. The number of nitrogens with zero attached hydrogens (tertiary/aromatic N) is 3. The number of amides is 1. The quantitative estimate of drug-likeness (QED) is 0.562. The smallest absolute Gasteiger partial charge is 0.241 e. The van der Waals surface area contributed by atoms with Gasteiger partial charge in [-0.15, -0.1) is 0 Å².